The molecule has 8 aromatic rings. The third-order valence-electron chi connectivity index (χ3n) is 6.94. The van der Waals surface area contributed by atoms with Gasteiger partial charge in [-0.3, -0.25) is 0 Å². The van der Waals surface area contributed by atoms with Crippen LogP contribution in [0.3, 0.4) is 0 Å². The van der Waals surface area contributed by atoms with Gasteiger partial charge < -0.3 is 14.0 Å². The molecule has 0 bridgehead atoms. The van der Waals surface area contributed by atoms with E-state index in [-0.39, 0.29) is 0 Å². The molecule has 3 nitrogen and oxygen atoms in total. The maximum Gasteiger partial charge on any atom is 0.159 e. The van der Waals surface area contributed by atoms with Crippen LogP contribution in [-0.2, 0) is 0 Å². The number of nitrogens with one attached hydrogen (secondary N) is 1. The Labute approximate surface area is 188 Å². The molecule has 5 aromatic carbocycles. The Morgan fingerprint density at radius 3 is 1.97 bits per heavy atom. The van der Waals surface area contributed by atoms with E-state index in [1.54, 1.807) is 0 Å². The number of aromatic amines is 1. The van der Waals surface area contributed by atoms with Crippen molar-refractivity contribution in [3.05, 3.63) is 103 Å². The van der Waals surface area contributed by atoms with Gasteiger partial charge in [-0.15, -0.1) is 0 Å². The van der Waals surface area contributed by atoms with E-state index >= 15 is 0 Å². The zero-order valence-electron chi connectivity index (χ0n) is 17.7. The molecule has 33 heavy (non-hydrogen) atoms. The zero-order chi connectivity index (χ0) is 21.5. The summed E-state index contributed by atoms with van der Waals surface area (Å²) in [7, 11) is 0. The fraction of sp³-hybridized carbons (Fsp3) is 0. The number of hydrogen-bond donors (Lipinski definition) is 1. The van der Waals surface area contributed by atoms with Crippen molar-refractivity contribution >= 4 is 65.6 Å². The van der Waals surface area contributed by atoms with Crippen molar-refractivity contribution in [2.75, 3.05) is 0 Å². The summed E-state index contributed by atoms with van der Waals surface area (Å²) in [4.78, 5) is 3.57. The Kier molecular flexibility index (Phi) is 3.14. The molecular weight excluding hydrogens is 404 g/mol. The van der Waals surface area contributed by atoms with Crippen LogP contribution in [0.5, 0.6) is 0 Å². The molecule has 0 fully saturated rings. The molecule has 1 N–H and O–H groups in total. The van der Waals surface area contributed by atoms with E-state index in [1.165, 1.54) is 32.6 Å². The molecule has 8 rings (SSSR count). The van der Waals surface area contributed by atoms with Crippen molar-refractivity contribution < 1.29 is 4.42 Å². The number of hydrogen-bond acceptors (Lipinski definition) is 1. The third-order valence-corrected chi connectivity index (χ3v) is 6.94. The van der Waals surface area contributed by atoms with E-state index in [1.807, 2.05) is 0 Å². The van der Waals surface area contributed by atoms with Crippen LogP contribution in [0.4, 0.5) is 0 Å². The number of aromatic nitrogens is 2. The van der Waals surface area contributed by atoms with Crippen molar-refractivity contribution in [2.24, 2.45) is 0 Å². The Balaban J connectivity index is 1.45. The number of para-hydroxylation sites is 3. The molecule has 0 spiro atoms. The second-order valence-electron chi connectivity index (χ2n) is 8.69. The number of nitrogens with zero attached hydrogens (tertiary/aromatic N) is 1. The summed E-state index contributed by atoms with van der Waals surface area (Å²) < 4.78 is 8.84. The SMILES string of the molecule is c1ccc2c(c1)[nH]c1c2ccc2c3ccc(-n4c5ccccc5c5ccccc54)cc3oc21. The molecule has 154 valence electrons. The molecule has 0 atom stereocenters. The van der Waals surface area contributed by atoms with Crippen LogP contribution in [0.15, 0.2) is 108 Å². The first-order chi connectivity index (χ1) is 16.4. The predicted octanol–water partition coefficient (Wildman–Crippen LogP) is 8.32. The highest BCUT2D eigenvalue weighted by Gasteiger charge is 2.16. The highest BCUT2D eigenvalue weighted by molar-refractivity contribution is 6.20. The fourth-order valence-electron chi connectivity index (χ4n) is 5.48. The van der Waals surface area contributed by atoms with Crippen molar-refractivity contribution in [2.45, 2.75) is 0 Å². The van der Waals surface area contributed by atoms with Gasteiger partial charge in [0.25, 0.3) is 0 Å². The van der Waals surface area contributed by atoms with Crippen molar-refractivity contribution in [3.63, 3.8) is 0 Å². The quantitative estimate of drug-likeness (QED) is 0.283. The van der Waals surface area contributed by atoms with Gasteiger partial charge in [0.2, 0.25) is 0 Å². The summed E-state index contributed by atoms with van der Waals surface area (Å²) in [5, 5.41) is 7.21. The lowest BCUT2D eigenvalue weighted by molar-refractivity contribution is 0.671. The Morgan fingerprint density at radius 1 is 0.545 bits per heavy atom. The van der Waals surface area contributed by atoms with Crippen LogP contribution in [0.25, 0.3) is 71.2 Å². The summed E-state index contributed by atoms with van der Waals surface area (Å²) >= 11 is 0. The standard InChI is InChI=1S/C30H18N2O/c1-4-10-25-19(7-1)23-15-16-24-22-14-13-18(17-28(22)33-30(24)29(23)31-25)32-26-11-5-2-8-20(26)21-9-3-6-12-27(21)32/h1-17,31H. The smallest absolute Gasteiger partial charge is 0.159 e. The molecule has 3 heterocycles. The van der Waals surface area contributed by atoms with Gasteiger partial charge >= 0.3 is 0 Å². The molecule has 0 aliphatic heterocycles. The number of H-pyrrole nitrogens is 1. The first-order valence-electron chi connectivity index (χ1n) is 11.2. The van der Waals surface area contributed by atoms with Gasteiger partial charge in [0.1, 0.15) is 5.58 Å². The molecule has 0 saturated heterocycles. The minimum absolute atomic E-state index is 0.899. The van der Waals surface area contributed by atoms with Gasteiger partial charge in [-0.1, -0.05) is 60.7 Å². The van der Waals surface area contributed by atoms with Crippen LogP contribution in [0, 0.1) is 0 Å². The minimum Gasteiger partial charge on any atom is -0.454 e. The van der Waals surface area contributed by atoms with Crippen LogP contribution in [0.2, 0.25) is 0 Å². The number of benzene rings is 5. The van der Waals surface area contributed by atoms with E-state index in [0.29, 0.717) is 0 Å². The van der Waals surface area contributed by atoms with Crippen LogP contribution < -0.4 is 0 Å². The Bertz CT molecular complexity index is 1980. The Hall–Kier alpha value is -4.50. The first kappa shape index (κ1) is 17.1. The number of fused-ring (bicyclic) bond motifs is 10. The van der Waals surface area contributed by atoms with E-state index in [4.69, 9.17) is 4.42 Å². The summed E-state index contributed by atoms with van der Waals surface area (Å²) in [6, 6.07) is 36.5. The molecule has 0 saturated carbocycles. The summed E-state index contributed by atoms with van der Waals surface area (Å²) in [5.74, 6) is 0. The summed E-state index contributed by atoms with van der Waals surface area (Å²) in [6.45, 7) is 0. The van der Waals surface area contributed by atoms with E-state index in [0.717, 1.165) is 38.7 Å². The molecule has 3 aromatic heterocycles. The van der Waals surface area contributed by atoms with E-state index < -0.39 is 0 Å². The largest absolute Gasteiger partial charge is 0.454 e. The maximum absolute atomic E-state index is 6.51. The van der Waals surface area contributed by atoms with Gasteiger partial charge in [0, 0.05) is 49.6 Å². The maximum atomic E-state index is 6.51. The molecule has 0 unspecified atom stereocenters. The summed E-state index contributed by atoms with van der Waals surface area (Å²) in [5.41, 5.74) is 7.51. The first-order valence-corrected chi connectivity index (χ1v) is 11.2. The Morgan fingerprint density at radius 2 is 1.18 bits per heavy atom. The van der Waals surface area contributed by atoms with Gasteiger partial charge in [0.15, 0.2) is 5.58 Å². The average molecular weight is 422 g/mol. The monoisotopic (exact) mass is 422 g/mol. The lowest BCUT2D eigenvalue weighted by Gasteiger charge is -2.07. The third kappa shape index (κ3) is 2.18. The molecule has 0 amide bonds. The molecule has 0 aliphatic carbocycles. The molecule has 3 heteroatoms. The van der Waals surface area contributed by atoms with Crippen LogP contribution in [0.1, 0.15) is 0 Å². The van der Waals surface area contributed by atoms with Crippen molar-refractivity contribution in [1.29, 1.82) is 0 Å². The summed E-state index contributed by atoms with van der Waals surface area (Å²) in [6.07, 6.45) is 0. The number of rotatable bonds is 1. The van der Waals surface area contributed by atoms with E-state index in [2.05, 4.69) is 113 Å². The van der Waals surface area contributed by atoms with Crippen LogP contribution in [-0.4, -0.2) is 9.55 Å². The normalized spacial score (nSPS) is 12.2. The fourth-order valence-corrected chi connectivity index (χ4v) is 5.48. The van der Waals surface area contributed by atoms with E-state index in [9.17, 15) is 0 Å². The molecule has 0 radical (unpaired) electrons. The lowest BCUT2D eigenvalue weighted by Crippen LogP contribution is -1.93. The zero-order valence-corrected chi connectivity index (χ0v) is 17.7. The van der Waals surface area contributed by atoms with Gasteiger partial charge in [-0.2, -0.15) is 0 Å². The lowest BCUT2D eigenvalue weighted by atomic mass is 10.1. The molecule has 0 aliphatic rings. The van der Waals surface area contributed by atoms with Gasteiger partial charge in [-0.05, 0) is 36.4 Å². The van der Waals surface area contributed by atoms with Gasteiger partial charge in [-0.25, -0.2) is 0 Å². The molecular formula is C30H18N2O. The van der Waals surface area contributed by atoms with Crippen LogP contribution >= 0.6 is 0 Å². The number of furan rings is 1. The van der Waals surface area contributed by atoms with Crippen molar-refractivity contribution in [1.82, 2.24) is 9.55 Å². The highest BCUT2D eigenvalue weighted by Crippen LogP contribution is 2.38. The highest BCUT2D eigenvalue weighted by atomic mass is 16.3. The second-order valence-corrected chi connectivity index (χ2v) is 8.69. The topological polar surface area (TPSA) is 33.9 Å². The average Bonchev–Trinajstić information content (AvgIpc) is 3.53. The van der Waals surface area contributed by atoms with Crippen molar-refractivity contribution in [3.8, 4) is 5.69 Å². The second kappa shape index (κ2) is 6.05. The predicted molar refractivity (Wildman–Crippen MR) is 137 cm³/mol. The minimum atomic E-state index is 0.899. The van der Waals surface area contributed by atoms with Gasteiger partial charge in [0.05, 0.1) is 16.6 Å².